The summed E-state index contributed by atoms with van der Waals surface area (Å²) >= 11 is 0. The Morgan fingerprint density at radius 1 is 1.15 bits per heavy atom. The molecule has 0 aromatic heterocycles. The lowest BCUT2D eigenvalue weighted by Gasteiger charge is -2.37. The summed E-state index contributed by atoms with van der Waals surface area (Å²) in [5.41, 5.74) is 0.751. The minimum absolute atomic E-state index is 0.0522. The number of methoxy groups -OCH3 is 1. The lowest BCUT2D eigenvalue weighted by atomic mass is 9.84. The molecule has 0 radical (unpaired) electrons. The minimum Gasteiger partial charge on any atom is -0.497 e. The fourth-order valence-electron chi connectivity index (χ4n) is 3.44. The molecule has 2 atom stereocenters. The van der Waals surface area contributed by atoms with Gasteiger partial charge in [0.1, 0.15) is 5.75 Å². The third kappa shape index (κ3) is 2.53. The van der Waals surface area contributed by atoms with E-state index in [9.17, 15) is 9.00 Å². The number of hydrogen-bond donors (Lipinski definition) is 0. The third-order valence-corrected chi connectivity index (χ3v) is 6.72. The summed E-state index contributed by atoms with van der Waals surface area (Å²) in [6, 6.07) is 7.33. The van der Waals surface area contributed by atoms with Crippen LogP contribution in [0.3, 0.4) is 0 Å². The Morgan fingerprint density at radius 2 is 1.75 bits per heavy atom. The standard InChI is InChI=1S/C16H20O3S/c1-19-13-7-5-11(6-8-13)16(17)12-9-14-3-2-4-15(10-12)20(14)18/h5-8,12,14-15H,2-4,9-10H2,1H3. The molecule has 2 aliphatic heterocycles. The summed E-state index contributed by atoms with van der Waals surface area (Å²) in [5, 5.41) is 0.490. The van der Waals surface area contributed by atoms with Gasteiger partial charge >= 0.3 is 0 Å². The highest BCUT2D eigenvalue weighted by molar-refractivity contribution is 7.86. The van der Waals surface area contributed by atoms with Crippen LogP contribution in [-0.2, 0) is 10.8 Å². The van der Waals surface area contributed by atoms with Gasteiger partial charge < -0.3 is 4.74 Å². The second kappa shape index (κ2) is 5.68. The Balaban J connectivity index is 1.75. The van der Waals surface area contributed by atoms with Crippen molar-refractivity contribution in [3.8, 4) is 5.75 Å². The number of Topliss-reactive ketones (excluding diaryl/α,β-unsaturated/α-hetero) is 1. The zero-order chi connectivity index (χ0) is 14.1. The average molecular weight is 292 g/mol. The molecule has 1 aromatic rings. The SMILES string of the molecule is COc1ccc(C(=O)C2CC3CCCC(C2)S3=O)cc1. The molecule has 2 aliphatic rings. The second-order valence-electron chi connectivity index (χ2n) is 5.76. The molecule has 2 saturated heterocycles. The molecule has 4 heteroatoms. The zero-order valence-corrected chi connectivity index (χ0v) is 12.5. The van der Waals surface area contributed by atoms with Gasteiger partial charge in [0.15, 0.2) is 5.78 Å². The Kier molecular flexibility index (Phi) is 3.92. The van der Waals surface area contributed by atoms with Crippen LogP contribution in [0.5, 0.6) is 5.75 Å². The summed E-state index contributed by atoms with van der Waals surface area (Å²) in [7, 11) is 0.913. The molecule has 0 amide bonds. The van der Waals surface area contributed by atoms with E-state index in [2.05, 4.69) is 0 Å². The van der Waals surface area contributed by atoms with Gasteiger partial charge in [0, 0.05) is 32.8 Å². The maximum Gasteiger partial charge on any atom is 0.166 e. The quantitative estimate of drug-likeness (QED) is 0.804. The number of benzene rings is 1. The first-order chi connectivity index (χ1) is 9.69. The van der Waals surface area contributed by atoms with Gasteiger partial charge in [-0.05, 0) is 49.9 Å². The van der Waals surface area contributed by atoms with Crippen molar-refractivity contribution in [2.24, 2.45) is 5.92 Å². The van der Waals surface area contributed by atoms with Gasteiger partial charge in [0.25, 0.3) is 0 Å². The number of ketones is 1. The summed E-state index contributed by atoms with van der Waals surface area (Å²) in [4.78, 5) is 12.6. The Bertz CT molecular complexity index is 507. The highest BCUT2D eigenvalue weighted by atomic mass is 32.2. The maximum absolute atomic E-state index is 12.6. The minimum atomic E-state index is -0.707. The van der Waals surface area contributed by atoms with Crippen molar-refractivity contribution in [1.82, 2.24) is 0 Å². The molecule has 1 aromatic carbocycles. The topological polar surface area (TPSA) is 43.4 Å². The van der Waals surface area contributed by atoms with Gasteiger partial charge in [-0.2, -0.15) is 0 Å². The van der Waals surface area contributed by atoms with Crippen LogP contribution in [0.2, 0.25) is 0 Å². The lowest BCUT2D eigenvalue weighted by Crippen LogP contribution is -2.41. The van der Waals surface area contributed by atoms with Crippen LogP contribution in [-0.4, -0.2) is 27.6 Å². The monoisotopic (exact) mass is 292 g/mol. The molecule has 0 N–H and O–H groups in total. The molecular weight excluding hydrogens is 272 g/mol. The zero-order valence-electron chi connectivity index (χ0n) is 11.7. The van der Waals surface area contributed by atoms with E-state index in [-0.39, 0.29) is 22.2 Å². The molecule has 2 heterocycles. The van der Waals surface area contributed by atoms with Crippen LogP contribution in [0.25, 0.3) is 0 Å². The van der Waals surface area contributed by atoms with Crippen molar-refractivity contribution < 1.29 is 13.7 Å². The predicted molar refractivity (Wildman–Crippen MR) is 79.6 cm³/mol. The fraction of sp³-hybridized carbons (Fsp3) is 0.562. The number of ether oxygens (including phenoxy) is 1. The van der Waals surface area contributed by atoms with E-state index in [1.807, 2.05) is 24.3 Å². The van der Waals surface area contributed by atoms with E-state index in [0.717, 1.165) is 37.0 Å². The molecule has 0 spiro atoms. The van der Waals surface area contributed by atoms with Crippen LogP contribution in [0.4, 0.5) is 0 Å². The summed E-state index contributed by atoms with van der Waals surface area (Å²) < 4.78 is 17.3. The normalized spacial score (nSPS) is 32.6. The number of carbonyl (C=O) groups is 1. The number of rotatable bonds is 3. The van der Waals surface area contributed by atoms with Gasteiger partial charge in [-0.1, -0.05) is 6.42 Å². The first-order valence-electron chi connectivity index (χ1n) is 7.26. The van der Waals surface area contributed by atoms with Crippen molar-refractivity contribution in [3.05, 3.63) is 29.8 Å². The smallest absolute Gasteiger partial charge is 0.166 e. The number of fused-ring (bicyclic) bond motifs is 2. The van der Waals surface area contributed by atoms with Crippen molar-refractivity contribution in [1.29, 1.82) is 0 Å². The molecule has 3 nitrogen and oxygen atoms in total. The van der Waals surface area contributed by atoms with E-state index >= 15 is 0 Å². The molecule has 3 rings (SSSR count). The predicted octanol–water partition coefficient (Wildman–Crippen LogP) is 2.96. The molecule has 2 unspecified atom stereocenters. The van der Waals surface area contributed by atoms with E-state index in [1.54, 1.807) is 7.11 Å². The highest BCUT2D eigenvalue weighted by Gasteiger charge is 2.40. The van der Waals surface area contributed by atoms with Crippen LogP contribution in [0.1, 0.15) is 42.5 Å². The van der Waals surface area contributed by atoms with Gasteiger partial charge in [-0.15, -0.1) is 0 Å². The third-order valence-electron chi connectivity index (χ3n) is 4.55. The Morgan fingerprint density at radius 3 is 2.30 bits per heavy atom. The maximum atomic E-state index is 12.6. The second-order valence-corrected chi connectivity index (χ2v) is 7.75. The van der Waals surface area contributed by atoms with Crippen molar-refractivity contribution >= 4 is 16.6 Å². The molecule has 2 fully saturated rings. The molecule has 108 valence electrons. The Hall–Kier alpha value is -1.16. The van der Waals surface area contributed by atoms with Crippen LogP contribution >= 0.6 is 0 Å². The highest BCUT2D eigenvalue weighted by Crippen LogP contribution is 2.38. The molecular formula is C16H20O3S. The summed E-state index contributed by atoms with van der Waals surface area (Å²) in [6.45, 7) is 0. The van der Waals surface area contributed by atoms with Gasteiger partial charge in [0.2, 0.25) is 0 Å². The van der Waals surface area contributed by atoms with E-state index < -0.39 is 10.8 Å². The Labute approximate surface area is 122 Å². The van der Waals surface area contributed by atoms with Gasteiger partial charge in [0.05, 0.1) is 7.11 Å². The largest absolute Gasteiger partial charge is 0.497 e. The van der Waals surface area contributed by atoms with Crippen molar-refractivity contribution in [2.45, 2.75) is 42.6 Å². The van der Waals surface area contributed by atoms with Crippen LogP contribution in [0.15, 0.2) is 24.3 Å². The summed E-state index contributed by atoms with van der Waals surface area (Å²) in [5.74, 6) is 1.03. The van der Waals surface area contributed by atoms with E-state index in [0.29, 0.717) is 0 Å². The van der Waals surface area contributed by atoms with Gasteiger partial charge in [-0.25, -0.2) is 0 Å². The summed E-state index contributed by atoms with van der Waals surface area (Å²) in [6.07, 6.45) is 4.82. The molecule has 0 saturated carbocycles. The number of hydrogen-bond acceptors (Lipinski definition) is 3. The first-order valence-corrected chi connectivity index (χ1v) is 8.54. The number of carbonyl (C=O) groups excluding carboxylic acids is 1. The molecule has 20 heavy (non-hydrogen) atoms. The van der Waals surface area contributed by atoms with Crippen molar-refractivity contribution in [2.75, 3.05) is 7.11 Å². The lowest BCUT2D eigenvalue weighted by molar-refractivity contribution is 0.0895. The fourth-order valence-corrected chi connectivity index (χ4v) is 5.63. The van der Waals surface area contributed by atoms with Crippen LogP contribution < -0.4 is 4.74 Å². The van der Waals surface area contributed by atoms with Gasteiger partial charge in [-0.3, -0.25) is 9.00 Å². The first kappa shape index (κ1) is 13.8. The average Bonchev–Trinajstić information content (AvgIpc) is 2.46. The molecule has 2 bridgehead atoms. The van der Waals surface area contributed by atoms with Crippen LogP contribution in [0, 0.1) is 5.92 Å². The molecule has 0 aliphatic carbocycles. The van der Waals surface area contributed by atoms with E-state index in [4.69, 9.17) is 4.74 Å². The van der Waals surface area contributed by atoms with Crippen molar-refractivity contribution in [3.63, 3.8) is 0 Å². The van der Waals surface area contributed by atoms with E-state index in [1.165, 1.54) is 6.42 Å².